The summed E-state index contributed by atoms with van der Waals surface area (Å²) in [4.78, 5) is 27.6. The van der Waals surface area contributed by atoms with Crippen molar-refractivity contribution in [2.24, 2.45) is 0 Å². The lowest BCUT2D eigenvalue weighted by atomic mass is 10.3. The van der Waals surface area contributed by atoms with Gasteiger partial charge in [0.1, 0.15) is 5.82 Å². The van der Waals surface area contributed by atoms with E-state index in [1.807, 2.05) is 6.92 Å². The number of nitrogens with zero attached hydrogens (tertiary/aromatic N) is 2. The maximum atomic E-state index is 11.6. The number of aromatic nitrogens is 1. The van der Waals surface area contributed by atoms with Gasteiger partial charge in [0.25, 0.3) is 0 Å². The van der Waals surface area contributed by atoms with Gasteiger partial charge in [0.15, 0.2) is 0 Å². The van der Waals surface area contributed by atoms with Gasteiger partial charge in [-0.2, -0.15) is 0 Å². The van der Waals surface area contributed by atoms with Crippen LogP contribution in [0, 0.1) is 0 Å². The molecule has 0 atom stereocenters. The quantitative estimate of drug-likeness (QED) is 0.795. The van der Waals surface area contributed by atoms with Gasteiger partial charge < -0.3 is 10.0 Å². The maximum absolute atomic E-state index is 11.6. The first-order valence-electron chi connectivity index (χ1n) is 5.43. The van der Waals surface area contributed by atoms with Gasteiger partial charge in [0.2, 0.25) is 0 Å². The fourth-order valence-corrected chi connectivity index (χ4v) is 1.12. The Kier molecular flexibility index (Phi) is 4.86. The van der Waals surface area contributed by atoms with Gasteiger partial charge in [0, 0.05) is 19.7 Å². The molecule has 0 saturated carbocycles. The van der Waals surface area contributed by atoms with Gasteiger partial charge in [-0.05, 0) is 25.1 Å². The third-order valence-corrected chi connectivity index (χ3v) is 2.22. The molecule has 0 spiro atoms. The van der Waals surface area contributed by atoms with E-state index in [2.05, 4.69) is 10.3 Å². The highest BCUT2D eigenvalue weighted by Crippen LogP contribution is 2.07. The molecule has 2 amide bonds. The van der Waals surface area contributed by atoms with Crippen LogP contribution < -0.4 is 5.32 Å². The van der Waals surface area contributed by atoms with Crippen molar-refractivity contribution < 1.29 is 14.7 Å². The summed E-state index contributed by atoms with van der Waals surface area (Å²) in [5.41, 5.74) is 0.467. The summed E-state index contributed by atoms with van der Waals surface area (Å²) < 4.78 is 0. The first-order valence-corrected chi connectivity index (χ1v) is 5.43. The number of hydrogen-bond acceptors (Lipinski definition) is 3. The van der Waals surface area contributed by atoms with E-state index in [-0.39, 0.29) is 6.03 Å². The lowest BCUT2D eigenvalue weighted by Gasteiger charge is -2.14. The lowest BCUT2D eigenvalue weighted by molar-refractivity contribution is -0.131. The van der Waals surface area contributed by atoms with Crippen molar-refractivity contribution in [3.8, 4) is 0 Å². The highest BCUT2D eigenvalue weighted by atomic mass is 16.4. The molecule has 0 bridgehead atoms. The molecule has 1 aromatic heterocycles. The topological polar surface area (TPSA) is 82.5 Å². The van der Waals surface area contributed by atoms with Crippen LogP contribution in [0.15, 0.2) is 24.3 Å². The van der Waals surface area contributed by atoms with Crippen LogP contribution in [0.25, 0.3) is 6.08 Å². The van der Waals surface area contributed by atoms with Crippen LogP contribution in [-0.2, 0) is 4.79 Å². The molecular formula is C12H15N3O3. The summed E-state index contributed by atoms with van der Waals surface area (Å²) in [6.45, 7) is 2.45. The monoisotopic (exact) mass is 249 g/mol. The molecular weight excluding hydrogens is 234 g/mol. The van der Waals surface area contributed by atoms with Crippen LogP contribution in [0.5, 0.6) is 0 Å². The van der Waals surface area contributed by atoms with Gasteiger partial charge >= 0.3 is 12.0 Å². The zero-order valence-electron chi connectivity index (χ0n) is 10.3. The molecule has 0 aliphatic carbocycles. The number of carboxylic acids is 1. The number of hydrogen-bond donors (Lipinski definition) is 2. The Morgan fingerprint density at radius 1 is 1.50 bits per heavy atom. The number of anilines is 1. The van der Waals surface area contributed by atoms with Crippen LogP contribution in [0.2, 0.25) is 0 Å². The molecule has 2 N–H and O–H groups in total. The number of amides is 2. The number of pyridine rings is 1. The summed E-state index contributed by atoms with van der Waals surface area (Å²) in [6.07, 6.45) is 2.35. The van der Waals surface area contributed by atoms with Crippen LogP contribution in [-0.4, -0.2) is 40.6 Å². The Balaban J connectivity index is 2.76. The molecule has 6 heteroatoms. The summed E-state index contributed by atoms with van der Waals surface area (Å²) in [5.74, 6) is -0.662. The Bertz CT molecular complexity index is 471. The molecule has 18 heavy (non-hydrogen) atoms. The van der Waals surface area contributed by atoms with Crippen molar-refractivity contribution in [2.45, 2.75) is 6.92 Å². The standard InChI is InChI=1S/C12H15N3O3/c1-3-15(2)12(18)14-10-6-4-5-9(13-10)7-8-11(16)17/h4-8H,3H2,1-2H3,(H,16,17)(H,13,14,18). The van der Waals surface area contributed by atoms with Crippen LogP contribution >= 0.6 is 0 Å². The molecule has 1 rings (SSSR count). The molecule has 0 unspecified atom stereocenters. The Hall–Kier alpha value is -2.37. The van der Waals surface area contributed by atoms with Gasteiger partial charge in [-0.15, -0.1) is 0 Å². The Morgan fingerprint density at radius 2 is 2.22 bits per heavy atom. The zero-order valence-corrected chi connectivity index (χ0v) is 10.3. The minimum absolute atomic E-state index is 0.260. The van der Waals surface area contributed by atoms with Crippen LogP contribution in [0.3, 0.4) is 0 Å². The number of urea groups is 1. The predicted octanol–water partition coefficient (Wildman–Crippen LogP) is 1.66. The van der Waals surface area contributed by atoms with Crippen LogP contribution in [0.1, 0.15) is 12.6 Å². The summed E-state index contributed by atoms with van der Waals surface area (Å²) in [5, 5.41) is 11.1. The van der Waals surface area contributed by atoms with Crippen molar-refractivity contribution in [3.63, 3.8) is 0 Å². The first kappa shape index (κ1) is 13.7. The van der Waals surface area contributed by atoms with Crippen LogP contribution in [0.4, 0.5) is 10.6 Å². The second kappa shape index (κ2) is 6.39. The van der Waals surface area contributed by atoms with Gasteiger partial charge in [-0.1, -0.05) is 6.07 Å². The van der Waals surface area contributed by atoms with E-state index in [0.29, 0.717) is 18.1 Å². The fourth-order valence-electron chi connectivity index (χ4n) is 1.12. The average Bonchev–Trinajstić information content (AvgIpc) is 2.35. The first-order chi connectivity index (χ1) is 8.52. The largest absolute Gasteiger partial charge is 0.478 e. The number of rotatable bonds is 4. The fraction of sp³-hybridized carbons (Fsp3) is 0.250. The maximum Gasteiger partial charge on any atom is 0.328 e. The predicted molar refractivity (Wildman–Crippen MR) is 68.2 cm³/mol. The summed E-state index contributed by atoms with van der Waals surface area (Å²) in [7, 11) is 1.67. The molecule has 0 fully saturated rings. The SMILES string of the molecule is CCN(C)C(=O)Nc1cccc(C=CC(=O)O)n1. The molecule has 0 radical (unpaired) electrons. The third kappa shape index (κ3) is 4.25. The van der Waals surface area contributed by atoms with Crippen molar-refractivity contribution in [1.29, 1.82) is 0 Å². The van der Waals surface area contributed by atoms with E-state index in [1.54, 1.807) is 25.2 Å². The number of nitrogens with one attached hydrogen (secondary N) is 1. The van der Waals surface area contributed by atoms with E-state index >= 15 is 0 Å². The number of carbonyl (C=O) groups is 2. The van der Waals surface area contributed by atoms with Gasteiger partial charge in [-0.25, -0.2) is 14.6 Å². The average molecular weight is 249 g/mol. The van der Waals surface area contributed by atoms with E-state index in [0.717, 1.165) is 6.08 Å². The molecule has 0 aliphatic heterocycles. The van der Waals surface area contributed by atoms with E-state index in [4.69, 9.17) is 5.11 Å². The van der Waals surface area contributed by atoms with E-state index in [1.165, 1.54) is 11.0 Å². The zero-order chi connectivity index (χ0) is 13.5. The second-order valence-corrected chi connectivity index (χ2v) is 3.56. The Labute approximate surface area is 105 Å². The van der Waals surface area contributed by atoms with Gasteiger partial charge in [0.05, 0.1) is 5.69 Å². The van der Waals surface area contributed by atoms with E-state index < -0.39 is 5.97 Å². The van der Waals surface area contributed by atoms with Crippen molar-refractivity contribution >= 4 is 23.9 Å². The minimum Gasteiger partial charge on any atom is -0.478 e. The number of carboxylic acid groups (broad SMARTS) is 1. The van der Waals surface area contributed by atoms with E-state index in [9.17, 15) is 9.59 Å². The summed E-state index contributed by atoms with van der Waals surface area (Å²) in [6, 6.07) is 4.72. The highest BCUT2D eigenvalue weighted by Gasteiger charge is 2.06. The number of carbonyl (C=O) groups excluding carboxylic acids is 1. The Morgan fingerprint density at radius 3 is 2.83 bits per heavy atom. The molecule has 1 aromatic rings. The molecule has 0 saturated heterocycles. The highest BCUT2D eigenvalue weighted by molar-refractivity contribution is 5.88. The third-order valence-electron chi connectivity index (χ3n) is 2.22. The van der Waals surface area contributed by atoms with Crippen molar-refractivity contribution in [3.05, 3.63) is 30.0 Å². The number of aliphatic carboxylic acids is 1. The van der Waals surface area contributed by atoms with Gasteiger partial charge in [-0.3, -0.25) is 5.32 Å². The second-order valence-electron chi connectivity index (χ2n) is 3.56. The summed E-state index contributed by atoms with van der Waals surface area (Å²) >= 11 is 0. The molecule has 0 aromatic carbocycles. The smallest absolute Gasteiger partial charge is 0.328 e. The lowest BCUT2D eigenvalue weighted by Crippen LogP contribution is -2.31. The molecule has 6 nitrogen and oxygen atoms in total. The molecule has 96 valence electrons. The molecule has 1 heterocycles. The molecule has 0 aliphatic rings. The minimum atomic E-state index is -1.04. The normalized spacial score (nSPS) is 10.3. The van der Waals surface area contributed by atoms with Crippen molar-refractivity contribution in [1.82, 2.24) is 9.88 Å². The van der Waals surface area contributed by atoms with Crippen molar-refractivity contribution in [2.75, 3.05) is 18.9 Å².